The molecule has 3 rings (SSSR count). The third-order valence-electron chi connectivity index (χ3n) is 4.12. The lowest BCUT2D eigenvalue weighted by Crippen LogP contribution is -2.23. The number of hydrogen-bond acceptors (Lipinski definition) is 4. The molecule has 0 bridgehead atoms. The lowest BCUT2D eigenvalue weighted by molar-refractivity contribution is -0.143. The number of thiazole rings is 1. The van der Waals surface area contributed by atoms with Crippen LogP contribution in [0, 0.1) is 13.8 Å². The van der Waals surface area contributed by atoms with E-state index < -0.39 is 0 Å². The van der Waals surface area contributed by atoms with Crippen LogP contribution in [0.5, 0.6) is 0 Å². The van der Waals surface area contributed by atoms with E-state index in [4.69, 9.17) is 16.3 Å². The smallest absolute Gasteiger partial charge is 0.326 e. The third-order valence-corrected chi connectivity index (χ3v) is 5.57. The molecular formula is C20H19ClN2O3S. The van der Waals surface area contributed by atoms with Crippen molar-refractivity contribution in [3.05, 3.63) is 62.9 Å². The van der Waals surface area contributed by atoms with Gasteiger partial charge in [-0.05, 0) is 50.6 Å². The maximum absolute atomic E-state index is 12.6. The second kappa shape index (κ2) is 8.06. The Morgan fingerprint density at radius 3 is 2.52 bits per heavy atom. The van der Waals surface area contributed by atoms with Gasteiger partial charge in [0.2, 0.25) is 0 Å². The van der Waals surface area contributed by atoms with Gasteiger partial charge in [-0.3, -0.25) is 9.59 Å². The molecule has 140 valence electrons. The Morgan fingerprint density at radius 1 is 1.15 bits per heavy atom. The van der Waals surface area contributed by atoms with Crippen LogP contribution in [-0.2, 0) is 16.1 Å². The van der Waals surface area contributed by atoms with Crippen molar-refractivity contribution in [1.29, 1.82) is 0 Å². The number of carbonyl (C=O) groups is 2. The Morgan fingerprint density at radius 2 is 1.85 bits per heavy atom. The van der Waals surface area contributed by atoms with E-state index in [9.17, 15) is 9.59 Å². The van der Waals surface area contributed by atoms with E-state index in [1.807, 2.05) is 32.0 Å². The van der Waals surface area contributed by atoms with Crippen molar-refractivity contribution < 1.29 is 14.3 Å². The second-order valence-electron chi connectivity index (χ2n) is 6.08. The highest BCUT2D eigenvalue weighted by molar-refractivity contribution is 7.16. The molecule has 1 amide bonds. The number of esters is 1. The minimum atomic E-state index is -0.388. The SMILES string of the molecule is CCOC(=O)Cn1c(=NC(=O)c2ccc(C)cc2)sc2ccc(Cl)c(C)c21. The van der Waals surface area contributed by atoms with Gasteiger partial charge in [-0.1, -0.05) is 40.6 Å². The summed E-state index contributed by atoms with van der Waals surface area (Å²) >= 11 is 7.60. The van der Waals surface area contributed by atoms with E-state index >= 15 is 0 Å². The van der Waals surface area contributed by atoms with E-state index in [1.165, 1.54) is 11.3 Å². The highest BCUT2D eigenvalue weighted by atomic mass is 35.5. The highest BCUT2D eigenvalue weighted by Gasteiger charge is 2.15. The molecular weight excluding hydrogens is 384 g/mol. The van der Waals surface area contributed by atoms with Crippen molar-refractivity contribution in [2.45, 2.75) is 27.3 Å². The Balaban J connectivity index is 2.16. The zero-order valence-corrected chi connectivity index (χ0v) is 16.9. The number of carbonyl (C=O) groups excluding carboxylic acids is 2. The van der Waals surface area contributed by atoms with Crippen molar-refractivity contribution >= 4 is 45.0 Å². The minimum Gasteiger partial charge on any atom is -0.465 e. The van der Waals surface area contributed by atoms with Crippen LogP contribution >= 0.6 is 22.9 Å². The molecule has 1 aromatic heterocycles. The molecule has 0 aliphatic rings. The van der Waals surface area contributed by atoms with Gasteiger partial charge in [-0.25, -0.2) is 0 Å². The van der Waals surface area contributed by atoms with Gasteiger partial charge >= 0.3 is 5.97 Å². The molecule has 3 aromatic rings. The number of nitrogens with zero attached hydrogens (tertiary/aromatic N) is 2. The van der Waals surface area contributed by atoms with Crippen molar-refractivity contribution in [2.75, 3.05) is 6.61 Å². The first-order chi connectivity index (χ1) is 12.9. The number of rotatable bonds is 4. The number of ether oxygens (including phenoxy) is 1. The molecule has 27 heavy (non-hydrogen) atoms. The quantitative estimate of drug-likeness (QED) is 0.612. The van der Waals surface area contributed by atoms with E-state index in [-0.39, 0.29) is 25.0 Å². The predicted octanol–water partition coefficient (Wildman–Crippen LogP) is 4.28. The molecule has 0 radical (unpaired) electrons. The van der Waals surface area contributed by atoms with Crippen LogP contribution in [0.3, 0.4) is 0 Å². The Labute approximate surface area is 165 Å². The molecule has 1 heterocycles. The fourth-order valence-corrected chi connectivity index (χ4v) is 3.97. The third kappa shape index (κ3) is 4.12. The van der Waals surface area contributed by atoms with Gasteiger partial charge in [-0.2, -0.15) is 4.99 Å². The van der Waals surface area contributed by atoms with Gasteiger partial charge in [0.15, 0.2) is 4.80 Å². The first-order valence-corrected chi connectivity index (χ1v) is 9.70. The van der Waals surface area contributed by atoms with E-state index in [2.05, 4.69) is 4.99 Å². The summed E-state index contributed by atoms with van der Waals surface area (Å²) in [6.45, 7) is 5.84. The Bertz CT molecular complexity index is 1080. The molecule has 7 heteroatoms. The zero-order chi connectivity index (χ0) is 19.6. The highest BCUT2D eigenvalue weighted by Crippen LogP contribution is 2.27. The normalized spacial score (nSPS) is 11.8. The van der Waals surface area contributed by atoms with Gasteiger partial charge in [0, 0.05) is 10.6 Å². The fourth-order valence-electron chi connectivity index (χ4n) is 2.73. The van der Waals surface area contributed by atoms with Gasteiger partial charge < -0.3 is 9.30 Å². The van der Waals surface area contributed by atoms with E-state index in [1.54, 1.807) is 29.7 Å². The predicted molar refractivity (Wildman–Crippen MR) is 107 cm³/mol. The largest absolute Gasteiger partial charge is 0.465 e. The monoisotopic (exact) mass is 402 g/mol. The number of benzene rings is 2. The van der Waals surface area contributed by atoms with Crippen LogP contribution in [0.2, 0.25) is 5.02 Å². The number of amides is 1. The Hall–Kier alpha value is -2.44. The molecule has 2 aromatic carbocycles. The summed E-state index contributed by atoms with van der Waals surface area (Å²) in [6.07, 6.45) is 0. The number of halogens is 1. The maximum atomic E-state index is 12.6. The van der Waals surface area contributed by atoms with Crippen molar-refractivity contribution in [3.8, 4) is 0 Å². The minimum absolute atomic E-state index is 0.0327. The molecule has 0 aliphatic heterocycles. The molecule has 0 spiro atoms. The summed E-state index contributed by atoms with van der Waals surface area (Å²) in [5.74, 6) is -0.747. The van der Waals surface area contributed by atoms with Gasteiger partial charge in [0.25, 0.3) is 5.91 Å². The van der Waals surface area contributed by atoms with Crippen LogP contribution in [-0.4, -0.2) is 23.1 Å². The summed E-state index contributed by atoms with van der Waals surface area (Å²) in [7, 11) is 0. The summed E-state index contributed by atoms with van der Waals surface area (Å²) in [5.41, 5.74) is 3.18. The molecule has 0 aliphatic carbocycles. The van der Waals surface area contributed by atoms with E-state index in [0.717, 1.165) is 21.3 Å². The van der Waals surface area contributed by atoms with E-state index in [0.29, 0.717) is 15.4 Å². The molecule has 0 saturated heterocycles. The molecule has 5 nitrogen and oxygen atoms in total. The summed E-state index contributed by atoms with van der Waals surface area (Å²) in [5, 5.41) is 0.592. The summed E-state index contributed by atoms with van der Waals surface area (Å²) in [6, 6.07) is 10.9. The lowest BCUT2D eigenvalue weighted by Gasteiger charge is -2.08. The average Bonchev–Trinajstić information content (AvgIpc) is 2.97. The number of aromatic nitrogens is 1. The fraction of sp³-hybridized carbons (Fsp3) is 0.250. The first-order valence-electron chi connectivity index (χ1n) is 8.50. The lowest BCUT2D eigenvalue weighted by atomic mass is 10.1. The zero-order valence-electron chi connectivity index (χ0n) is 15.3. The number of fused-ring (bicyclic) bond motifs is 1. The summed E-state index contributed by atoms with van der Waals surface area (Å²) in [4.78, 5) is 29.4. The molecule has 0 fully saturated rings. The Kier molecular flexibility index (Phi) is 5.77. The van der Waals surface area contributed by atoms with Crippen LogP contribution in [0.25, 0.3) is 10.2 Å². The van der Waals surface area contributed by atoms with Gasteiger partial charge in [0.05, 0.1) is 16.8 Å². The molecule has 0 saturated carbocycles. The molecule has 0 atom stereocenters. The topological polar surface area (TPSA) is 60.7 Å². The van der Waals surface area contributed by atoms with Crippen molar-refractivity contribution in [2.24, 2.45) is 4.99 Å². The number of hydrogen-bond donors (Lipinski definition) is 0. The maximum Gasteiger partial charge on any atom is 0.326 e. The average molecular weight is 403 g/mol. The molecule has 0 N–H and O–H groups in total. The van der Waals surface area contributed by atoms with Crippen LogP contribution in [0.1, 0.15) is 28.4 Å². The van der Waals surface area contributed by atoms with Gasteiger partial charge in [-0.15, -0.1) is 0 Å². The van der Waals surface area contributed by atoms with Crippen LogP contribution in [0.15, 0.2) is 41.4 Å². The van der Waals surface area contributed by atoms with Crippen molar-refractivity contribution in [3.63, 3.8) is 0 Å². The molecule has 0 unspecified atom stereocenters. The first kappa shape index (κ1) is 19.3. The second-order valence-corrected chi connectivity index (χ2v) is 7.49. The van der Waals surface area contributed by atoms with Crippen LogP contribution in [0.4, 0.5) is 0 Å². The summed E-state index contributed by atoms with van der Waals surface area (Å²) < 4.78 is 7.68. The van der Waals surface area contributed by atoms with Crippen molar-refractivity contribution in [1.82, 2.24) is 4.57 Å². The number of aryl methyl sites for hydroxylation is 2. The van der Waals surface area contributed by atoms with Crippen LogP contribution < -0.4 is 4.80 Å². The van der Waals surface area contributed by atoms with Gasteiger partial charge in [0.1, 0.15) is 6.54 Å². The standard InChI is InChI=1S/C20H19ClN2O3S/c1-4-26-17(24)11-23-18-13(3)15(21)9-10-16(18)27-20(23)22-19(25)14-7-5-12(2)6-8-14/h5-10H,4,11H2,1-3H3.